The van der Waals surface area contributed by atoms with Gasteiger partial charge in [0.1, 0.15) is 17.1 Å². The predicted molar refractivity (Wildman–Crippen MR) is 142 cm³/mol. The summed E-state index contributed by atoms with van der Waals surface area (Å²) in [6.07, 6.45) is 1.49. The second-order valence-electron chi connectivity index (χ2n) is 8.43. The fourth-order valence-corrected chi connectivity index (χ4v) is 3.98. The molecule has 2 heterocycles. The second kappa shape index (κ2) is 11.2. The minimum atomic E-state index is -0.829. The van der Waals surface area contributed by atoms with E-state index in [1.165, 1.54) is 13.2 Å². The molecule has 9 nitrogen and oxygen atoms in total. The fraction of sp³-hybridized carbons (Fsp3) is 0.143. The number of carbonyl (C=O) groups is 4. The minimum Gasteiger partial charge on any atom is -0.465 e. The molecule has 194 valence electrons. The van der Waals surface area contributed by atoms with Crippen molar-refractivity contribution in [3.63, 3.8) is 0 Å². The number of hydrogen-bond acceptors (Lipinski definition) is 7. The van der Waals surface area contributed by atoms with Crippen LogP contribution in [-0.4, -0.2) is 30.7 Å². The van der Waals surface area contributed by atoms with E-state index >= 15 is 0 Å². The van der Waals surface area contributed by atoms with Gasteiger partial charge in [-0.05, 0) is 62.4 Å². The smallest absolute Gasteiger partial charge is 0.343 e. The quantitative estimate of drug-likeness (QED) is 0.209. The van der Waals surface area contributed by atoms with Gasteiger partial charge in [0.25, 0.3) is 0 Å². The molecular weight excluding hydrogens is 510 g/mol. The lowest BCUT2D eigenvalue weighted by atomic mass is 10.1. The average molecular weight is 534 g/mol. The normalized spacial score (nSPS) is 14.2. The number of Topliss-reactive ketones (excluding diaryl/α,β-unsaturated/α-hetero) is 1. The Kier molecular flexibility index (Phi) is 7.78. The third kappa shape index (κ3) is 5.68. The van der Waals surface area contributed by atoms with Gasteiger partial charge in [-0.1, -0.05) is 29.3 Å². The van der Waals surface area contributed by atoms with Crippen LogP contribution in [0.4, 0.5) is 11.4 Å². The van der Waals surface area contributed by atoms with Gasteiger partial charge in [0.05, 0.1) is 19.4 Å². The number of rotatable bonds is 6. The number of esters is 1. The molecule has 2 N–H and O–H groups in total. The Bertz CT molecular complexity index is 1470. The van der Waals surface area contributed by atoms with Crippen LogP contribution in [0.2, 0.25) is 5.02 Å². The molecule has 3 aromatic rings. The van der Waals surface area contributed by atoms with Crippen LogP contribution in [0.25, 0.3) is 6.08 Å². The van der Waals surface area contributed by atoms with Crippen molar-refractivity contribution in [2.24, 2.45) is 0 Å². The molecule has 0 saturated heterocycles. The molecule has 2 amide bonds. The maximum absolute atomic E-state index is 13.2. The van der Waals surface area contributed by atoms with Crippen molar-refractivity contribution in [1.82, 2.24) is 5.32 Å². The topological polar surface area (TPSA) is 118 Å². The molecule has 4 rings (SSSR count). The van der Waals surface area contributed by atoms with Crippen LogP contribution in [0.1, 0.15) is 24.0 Å². The molecule has 38 heavy (non-hydrogen) atoms. The molecule has 1 aliphatic rings. The Morgan fingerprint density at radius 2 is 1.66 bits per heavy atom. The van der Waals surface area contributed by atoms with Crippen LogP contribution in [0, 0.1) is 6.92 Å². The first kappa shape index (κ1) is 26.4. The summed E-state index contributed by atoms with van der Waals surface area (Å²) in [5.74, 6) is -2.25. The lowest BCUT2D eigenvalue weighted by molar-refractivity contribution is -0.137. The van der Waals surface area contributed by atoms with E-state index in [-0.39, 0.29) is 17.8 Å². The molecule has 2 aromatic carbocycles. The zero-order valence-corrected chi connectivity index (χ0v) is 21.6. The number of anilines is 2. The number of halogens is 1. The molecule has 10 heteroatoms. The van der Waals surface area contributed by atoms with E-state index < -0.39 is 23.6 Å². The lowest BCUT2D eigenvalue weighted by Crippen LogP contribution is -2.34. The largest absolute Gasteiger partial charge is 0.465 e. The van der Waals surface area contributed by atoms with Gasteiger partial charge in [-0.2, -0.15) is 0 Å². The van der Waals surface area contributed by atoms with Gasteiger partial charge in [0.2, 0.25) is 5.78 Å². The number of nitrogens with zero attached hydrogens (tertiary/aromatic N) is 1. The van der Waals surface area contributed by atoms with Crippen molar-refractivity contribution in [2.75, 3.05) is 17.3 Å². The summed E-state index contributed by atoms with van der Waals surface area (Å²) in [7, 11) is 1.21. The van der Waals surface area contributed by atoms with Gasteiger partial charge in [-0.15, -0.1) is 0 Å². The van der Waals surface area contributed by atoms with Crippen molar-refractivity contribution < 1.29 is 28.3 Å². The molecular formula is C28H24ClN3O6. The molecule has 0 bridgehead atoms. The number of ketones is 1. The summed E-state index contributed by atoms with van der Waals surface area (Å²) < 4.78 is 10.6. The highest BCUT2D eigenvalue weighted by Gasteiger charge is 2.38. The number of furan rings is 1. The number of nitrogens with one attached hydrogen (secondary N) is 2. The van der Waals surface area contributed by atoms with E-state index in [9.17, 15) is 19.2 Å². The molecule has 0 spiro atoms. The molecule has 0 saturated carbocycles. The van der Waals surface area contributed by atoms with Crippen LogP contribution < -0.4 is 15.5 Å². The number of benzene rings is 2. The van der Waals surface area contributed by atoms with Gasteiger partial charge in [-0.3, -0.25) is 14.4 Å². The van der Waals surface area contributed by atoms with Gasteiger partial charge in [0, 0.05) is 28.2 Å². The molecule has 0 unspecified atom stereocenters. The van der Waals surface area contributed by atoms with Crippen LogP contribution in [0.3, 0.4) is 0 Å². The van der Waals surface area contributed by atoms with E-state index in [1.807, 2.05) is 19.1 Å². The van der Waals surface area contributed by atoms with E-state index in [0.717, 1.165) is 5.56 Å². The Balaban J connectivity index is 1.50. The summed E-state index contributed by atoms with van der Waals surface area (Å²) in [6.45, 7) is 3.51. The maximum atomic E-state index is 13.2. The van der Waals surface area contributed by atoms with Crippen molar-refractivity contribution in [3.8, 4) is 0 Å². The SMILES string of the molecule is COC(=O)C1=C(C)N(c2ccc(Cl)cc2)/C(=C/c2ccc(CNC(=O)C(=O)Nc3ccc(C)cc3)o2)C1=O. The van der Waals surface area contributed by atoms with Crippen molar-refractivity contribution >= 4 is 52.6 Å². The molecule has 1 aromatic heterocycles. The highest BCUT2D eigenvalue weighted by Crippen LogP contribution is 2.36. The van der Waals surface area contributed by atoms with Crippen LogP contribution >= 0.6 is 11.6 Å². The van der Waals surface area contributed by atoms with Crippen LogP contribution in [0.5, 0.6) is 0 Å². The number of methoxy groups -OCH3 is 1. The first-order valence-electron chi connectivity index (χ1n) is 11.5. The Hall–Kier alpha value is -4.63. The van der Waals surface area contributed by atoms with Crippen LogP contribution in [0.15, 0.2) is 82.0 Å². The Morgan fingerprint density at radius 3 is 2.32 bits per heavy atom. The molecule has 0 radical (unpaired) electrons. The summed E-state index contributed by atoms with van der Waals surface area (Å²) in [6, 6.07) is 17.0. The van der Waals surface area contributed by atoms with E-state index in [1.54, 1.807) is 60.4 Å². The molecule has 1 aliphatic heterocycles. The third-order valence-electron chi connectivity index (χ3n) is 5.77. The van der Waals surface area contributed by atoms with Crippen molar-refractivity contribution in [1.29, 1.82) is 0 Å². The zero-order valence-electron chi connectivity index (χ0n) is 20.8. The first-order valence-corrected chi connectivity index (χ1v) is 11.9. The number of aryl methyl sites for hydroxylation is 1. The highest BCUT2D eigenvalue weighted by molar-refractivity contribution is 6.39. The van der Waals surface area contributed by atoms with E-state index in [4.69, 9.17) is 20.8 Å². The van der Waals surface area contributed by atoms with Crippen molar-refractivity contribution in [2.45, 2.75) is 20.4 Å². The van der Waals surface area contributed by atoms with Gasteiger partial charge in [-0.25, -0.2) is 4.79 Å². The Morgan fingerprint density at radius 1 is 0.974 bits per heavy atom. The average Bonchev–Trinajstić information content (AvgIpc) is 3.45. The maximum Gasteiger partial charge on any atom is 0.343 e. The number of allylic oxidation sites excluding steroid dienone is 2. The molecule has 0 fully saturated rings. The monoisotopic (exact) mass is 533 g/mol. The van der Waals surface area contributed by atoms with E-state index in [0.29, 0.717) is 33.6 Å². The number of ether oxygens (including phenoxy) is 1. The predicted octanol–water partition coefficient (Wildman–Crippen LogP) is 4.37. The highest BCUT2D eigenvalue weighted by atomic mass is 35.5. The summed E-state index contributed by atoms with van der Waals surface area (Å²) in [5.41, 5.74) is 2.63. The number of carbonyl (C=O) groups excluding carboxylic acids is 4. The number of amides is 2. The van der Waals surface area contributed by atoms with Crippen LogP contribution in [-0.2, 0) is 30.5 Å². The lowest BCUT2D eigenvalue weighted by Gasteiger charge is -2.21. The number of hydrogen-bond donors (Lipinski definition) is 2. The fourth-order valence-electron chi connectivity index (χ4n) is 3.86. The van der Waals surface area contributed by atoms with Gasteiger partial charge < -0.3 is 24.7 Å². The first-order chi connectivity index (χ1) is 18.2. The third-order valence-corrected chi connectivity index (χ3v) is 6.02. The van der Waals surface area contributed by atoms with Gasteiger partial charge in [0.15, 0.2) is 0 Å². The second-order valence-corrected chi connectivity index (χ2v) is 8.87. The standard InChI is InChI=1S/C28H24ClN3O6/c1-16-4-8-19(9-5-16)31-27(35)26(34)30-15-22-13-12-21(38-22)14-23-25(33)24(28(36)37-3)17(2)32(23)20-10-6-18(29)7-11-20/h4-14H,15H2,1-3H3,(H,30,34)(H,31,35)/b23-14+. The minimum absolute atomic E-state index is 0.0527. The molecule has 0 atom stereocenters. The van der Waals surface area contributed by atoms with Crippen molar-refractivity contribution in [3.05, 3.63) is 99.7 Å². The summed E-state index contributed by atoms with van der Waals surface area (Å²) >= 11 is 6.02. The molecule has 0 aliphatic carbocycles. The van der Waals surface area contributed by atoms with E-state index in [2.05, 4.69) is 10.6 Å². The summed E-state index contributed by atoms with van der Waals surface area (Å²) in [5, 5.41) is 5.54. The zero-order chi connectivity index (χ0) is 27.4. The van der Waals surface area contributed by atoms with Gasteiger partial charge >= 0.3 is 17.8 Å². The summed E-state index contributed by atoms with van der Waals surface area (Å²) in [4.78, 5) is 51.5. The Labute approximate surface area is 223 Å².